The highest BCUT2D eigenvalue weighted by Crippen LogP contribution is 2.35. The lowest BCUT2D eigenvalue weighted by Gasteiger charge is -2.22. The molecule has 0 aliphatic heterocycles. The number of imidazole rings is 1. The molecular weight excluding hydrogens is 450 g/mol. The van der Waals surface area contributed by atoms with Crippen molar-refractivity contribution in [3.8, 4) is 0 Å². The number of benzene rings is 2. The molecule has 1 N–H and O–H groups in total. The molecule has 0 saturated heterocycles. The van der Waals surface area contributed by atoms with Gasteiger partial charge in [-0.1, -0.05) is 58.5 Å². The third-order valence-electron chi connectivity index (χ3n) is 3.98. The molecule has 0 radical (unpaired) electrons. The number of aromatic nitrogens is 2. The Labute approximate surface area is 180 Å². The highest BCUT2D eigenvalue weighted by atomic mass is 35.5. The minimum Gasteiger partial charge on any atom is -0.464 e. The molecule has 2 aromatic carbocycles. The van der Waals surface area contributed by atoms with Crippen LogP contribution in [0.5, 0.6) is 0 Å². The van der Waals surface area contributed by atoms with E-state index in [2.05, 4.69) is 4.98 Å². The SMILES string of the molecule is COC(=O)c1c[nH]c(=S)n1C(c1ccc(Cl)c(Cl)c1)c1ccc(Cl)c(Cl)c1. The van der Waals surface area contributed by atoms with Crippen LogP contribution in [0.3, 0.4) is 0 Å². The number of ether oxygens (including phenoxy) is 1. The molecule has 1 heterocycles. The van der Waals surface area contributed by atoms with Crippen LogP contribution in [-0.4, -0.2) is 22.6 Å². The van der Waals surface area contributed by atoms with Gasteiger partial charge in [-0.15, -0.1) is 0 Å². The molecule has 0 spiro atoms. The standard InChI is InChI=1S/C18H12Cl4N2O2S/c1-26-17(25)15-8-23-18(27)24(15)16(9-2-4-11(19)13(21)6-9)10-3-5-12(20)14(22)7-10/h2-8,16H,1H3,(H,23,27). The Kier molecular flexibility index (Phi) is 6.18. The summed E-state index contributed by atoms with van der Waals surface area (Å²) in [5.41, 5.74) is 1.76. The molecule has 0 bridgehead atoms. The lowest BCUT2D eigenvalue weighted by Crippen LogP contribution is -2.18. The van der Waals surface area contributed by atoms with Gasteiger partial charge < -0.3 is 9.72 Å². The first-order valence-electron chi connectivity index (χ1n) is 7.61. The summed E-state index contributed by atoms with van der Waals surface area (Å²) in [5, 5.41) is 1.58. The third-order valence-corrected chi connectivity index (χ3v) is 5.77. The average Bonchev–Trinajstić information content (AvgIpc) is 3.02. The normalized spacial score (nSPS) is 11.0. The number of hydrogen-bond donors (Lipinski definition) is 1. The van der Waals surface area contributed by atoms with E-state index >= 15 is 0 Å². The number of halogens is 4. The van der Waals surface area contributed by atoms with E-state index in [9.17, 15) is 4.79 Å². The van der Waals surface area contributed by atoms with Crippen LogP contribution in [0.25, 0.3) is 0 Å². The topological polar surface area (TPSA) is 47.0 Å². The van der Waals surface area contributed by atoms with E-state index in [1.165, 1.54) is 13.3 Å². The fourth-order valence-corrected chi connectivity index (χ4v) is 3.63. The fraction of sp³-hybridized carbons (Fsp3) is 0.111. The molecule has 9 heteroatoms. The first-order valence-corrected chi connectivity index (χ1v) is 9.53. The Bertz CT molecular complexity index is 1030. The second kappa shape index (κ2) is 8.25. The van der Waals surface area contributed by atoms with Crippen molar-refractivity contribution in [2.45, 2.75) is 6.04 Å². The summed E-state index contributed by atoms with van der Waals surface area (Å²) < 4.78 is 6.85. The summed E-state index contributed by atoms with van der Waals surface area (Å²) in [5.74, 6) is -0.535. The number of nitrogens with zero attached hydrogens (tertiary/aromatic N) is 1. The van der Waals surface area contributed by atoms with Crippen molar-refractivity contribution in [3.05, 3.63) is 84.3 Å². The van der Waals surface area contributed by atoms with E-state index in [-0.39, 0.29) is 5.69 Å². The van der Waals surface area contributed by atoms with Crippen molar-refractivity contribution in [1.29, 1.82) is 0 Å². The van der Waals surface area contributed by atoms with Gasteiger partial charge in [0.25, 0.3) is 0 Å². The molecule has 27 heavy (non-hydrogen) atoms. The summed E-state index contributed by atoms with van der Waals surface area (Å²) >= 11 is 30.0. The van der Waals surface area contributed by atoms with E-state index < -0.39 is 12.0 Å². The van der Waals surface area contributed by atoms with Crippen LogP contribution in [-0.2, 0) is 4.74 Å². The quantitative estimate of drug-likeness (QED) is 0.352. The highest BCUT2D eigenvalue weighted by molar-refractivity contribution is 7.71. The maximum Gasteiger partial charge on any atom is 0.356 e. The van der Waals surface area contributed by atoms with Crippen molar-refractivity contribution in [1.82, 2.24) is 9.55 Å². The number of carbonyl (C=O) groups is 1. The number of carbonyl (C=O) groups excluding carboxylic acids is 1. The van der Waals surface area contributed by atoms with Gasteiger partial charge in [-0.2, -0.15) is 0 Å². The van der Waals surface area contributed by atoms with Crippen LogP contribution >= 0.6 is 58.6 Å². The highest BCUT2D eigenvalue weighted by Gasteiger charge is 2.25. The summed E-state index contributed by atoms with van der Waals surface area (Å²) in [7, 11) is 1.30. The third kappa shape index (κ3) is 4.03. The molecule has 1 aromatic heterocycles. The van der Waals surface area contributed by atoms with Crippen LogP contribution in [0.4, 0.5) is 0 Å². The van der Waals surface area contributed by atoms with Crippen molar-refractivity contribution >= 4 is 64.6 Å². The molecule has 0 aliphatic carbocycles. The van der Waals surface area contributed by atoms with Gasteiger partial charge in [0.15, 0.2) is 4.77 Å². The molecular formula is C18H12Cl4N2O2S. The van der Waals surface area contributed by atoms with E-state index in [0.29, 0.717) is 24.9 Å². The number of nitrogens with one attached hydrogen (secondary N) is 1. The lowest BCUT2D eigenvalue weighted by atomic mass is 9.98. The van der Waals surface area contributed by atoms with Crippen LogP contribution in [0.2, 0.25) is 20.1 Å². The smallest absolute Gasteiger partial charge is 0.356 e. The Morgan fingerprint density at radius 2 is 1.52 bits per heavy atom. The fourth-order valence-electron chi connectivity index (χ4n) is 2.75. The first-order chi connectivity index (χ1) is 12.8. The molecule has 0 atom stereocenters. The summed E-state index contributed by atoms with van der Waals surface area (Å²) in [6.45, 7) is 0. The average molecular weight is 462 g/mol. The Hall–Kier alpha value is -1.50. The van der Waals surface area contributed by atoms with E-state index in [0.717, 1.165) is 11.1 Å². The number of hydrogen-bond acceptors (Lipinski definition) is 3. The van der Waals surface area contributed by atoms with Crippen molar-refractivity contribution in [3.63, 3.8) is 0 Å². The van der Waals surface area contributed by atoms with Gasteiger partial charge in [0.1, 0.15) is 5.69 Å². The zero-order chi connectivity index (χ0) is 19.7. The van der Waals surface area contributed by atoms with E-state index in [4.69, 9.17) is 63.4 Å². The van der Waals surface area contributed by atoms with Crippen LogP contribution < -0.4 is 0 Å². The maximum atomic E-state index is 12.3. The molecule has 3 aromatic rings. The second-order valence-electron chi connectivity index (χ2n) is 5.59. The summed E-state index contributed by atoms with van der Waals surface area (Å²) in [4.78, 5) is 15.1. The van der Waals surface area contributed by atoms with Gasteiger partial charge in [0, 0.05) is 6.20 Å². The van der Waals surface area contributed by atoms with Crippen LogP contribution in [0, 0.1) is 4.77 Å². The minimum atomic E-state index is -0.535. The van der Waals surface area contributed by atoms with E-state index in [1.54, 1.807) is 41.0 Å². The number of aromatic amines is 1. The zero-order valence-electron chi connectivity index (χ0n) is 13.8. The maximum absolute atomic E-state index is 12.3. The first kappa shape index (κ1) is 20.2. The van der Waals surface area contributed by atoms with Gasteiger partial charge >= 0.3 is 5.97 Å². The van der Waals surface area contributed by atoms with Crippen molar-refractivity contribution in [2.24, 2.45) is 0 Å². The number of esters is 1. The molecule has 0 unspecified atom stereocenters. The Morgan fingerprint density at radius 3 is 1.96 bits per heavy atom. The van der Waals surface area contributed by atoms with Gasteiger partial charge in [-0.25, -0.2) is 4.79 Å². The molecule has 0 amide bonds. The van der Waals surface area contributed by atoms with Crippen LogP contribution in [0.15, 0.2) is 42.6 Å². The predicted octanol–water partition coefficient (Wildman–Crippen LogP) is 6.58. The molecule has 140 valence electrons. The number of methoxy groups -OCH3 is 1. The van der Waals surface area contributed by atoms with Crippen molar-refractivity contribution in [2.75, 3.05) is 7.11 Å². The van der Waals surface area contributed by atoms with Crippen LogP contribution in [0.1, 0.15) is 27.7 Å². The van der Waals surface area contributed by atoms with Gasteiger partial charge in [0.05, 0.1) is 33.2 Å². The molecule has 3 rings (SSSR count). The Morgan fingerprint density at radius 1 is 1.00 bits per heavy atom. The Balaban J connectivity index is 2.30. The molecule has 4 nitrogen and oxygen atoms in total. The zero-order valence-corrected chi connectivity index (χ0v) is 17.6. The minimum absolute atomic E-state index is 0.254. The summed E-state index contributed by atoms with van der Waals surface area (Å²) in [6, 6.07) is 9.88. The predicted molar refractivity (Wildman–Crippen MR) is 111 cm³/mol. The van der Waals surface area contributed by atoms with Gasteiger partial charge in [0.2, 0.25) is 0 Å². The largest absolute Gasteiger partial charge is 0.464 e. The van der Waals surface area contributed by atoms with E-state index in [1.807, 2.05) is 0 Å². The summed E-state index contributed by atoms with van der Waals surface area (Å²) in [6.07, 6.45) is 1.50. The van der Waals surface area contributed by atoms with Gasteiger partial charge in [-0.05, 0) is 47.6 Å². The number of H-pyrrole nitrogens is 1. The monoisotopic (exact) mass is 460 g/mol. The molecule has 0 saturated carbocycles. The second-order valence-corrected chi connectivity index (χ2v) is 7.61. The molecule has 0 fully saturated rings. The van der Waals surface area contributed by atoms with Crippen molar-refractivity contribution < 1.29 is 9.53 Å². The lowest BCUT2D eigenvalue weighted by molar-refractivity contribution is 0.0587. The van der Waals surface area contributed by atoms with Gasteiger partial charge in [-0.3, -0.25) is 4.57 Å². The number of rotatable bonds is 4. The molecule has 0 aliphatic rings.